The number of aryl methyl sites for hydroxylation is 2. The molecule has 1 aromatic heterocycles. The number of halogens is 1. The Kier molecular flexibility index (Phi) is 7.28. The molecule has 1 amide bonds. The second-order valence-corrected chi connectivity index (χ2v) is 9.93. The molecule has 36 heavy (non-hydrogen) atoms. The Morgan fingerprint density at radius 1 is 1.17 bits per heavy atom. The van der Waals surface area contributed by atoms with Crippen LogP contribution in [0, 0.1) is 13.8 Å². The molecule has 2 heterocycles. The highest BCUT2D eigenvalue weighted by Gasteiger charge is 2.48. The number of aliphatic hydroxyl groups excluding tert-OH is 1. The minimum Gasteiger partial charge on any atom is -0.507 e. The summed E-state index contributed by atoms with van der Waals surface area (Å²) >= 11 is 4.37. The van der Waals surface area contributed by atoms with E-state index in [2.05, 4.69) is 20.9 Å². The Morgan fingerprint density at radius 3 is 2.47 bits per heavy atom. The van der Waals surface area contributed by atoms with Crippen molar-refractivity contribution in [3.8, 4) is 5.75 Å². The molecular formula is C26H23BrN2O6S. The number of aliphatic hydroxyl groups is 1. The number of carbonyl (C=O) groups is 3. The Balaban J connectivity index is 1.91. The average Bonchev–Trinajstić information content (AvgIpc) is 3.36. The van der Waals surface area contributed by atoms with E-state index >= 15 is 0 Å². The van der Waals surface area contributed by atoms with Crippen LogP contribution in [0.1, 0.15) is 45.0 Å². The maximum absolute atomic E-state index is 13.3. The molecule has 4 rings (SSSR count). The van der Waals surface area contributed by atoms with Crippen LogP contribution in [0.15, 0.2) is 52.5 Å². The van der Waals surface area contributed by atoms with Crippen LogP contribution in [0.5, 0.6) is 5.75 Å². The van der Waals surface area contributed by atoms with Gasteiger partial charge in [0.25, 0.3) is 5.78 Å². The smallest absolute Gasteiger partial charge is 0.350 e. The summed E-state index contributed by atoms with van der Waals surface area (Å²) < 4.78 is 11.2. The highest BCUT2D eigenvalue weighted by atomic mass is 79.9. The number of methoxy groups -OCH3 is 1. The van der Waals surface area contributed by atoms with E-state index in [4.69, 9.17) is 9.47 Å². The molecular weight excluding hydrogens is 548 g/mol. The van der Waals surface area contributed by atoms with Gasteiger partial charge in [-0.25, -0.2) is 9.78 Å². The van der Waals surface area contributed by atoms with Crippen molar-refractivity contribution in [2.45, 2.75) is 26.8 Å². The molecule has 186 valence electrons. The van der Waals surface area contributed by atoms with Gasteiger partial charge in [-0.15, -0.1) is 0 Å². The maximum atomic E-state index is 13.3. The summed E-state index contributed by atoms with van der Waals surface area (Å²) in [7, 11) is 1.54. The number of nitrogens with zero attached hydrogens (tertiary/aromatic N) is 2. The zero-order chi connectivity index (χ0) is 26.1. The van der Waals surface area contributed by atoms with Crippen LogP contribution in [0.25, 0.3) is 5.76 Å². The lowest BCUT2D eigenvalue weighted by molar-refractivity contribution is -0.132. The fraction of sp³-hybridized carbons (Fsp3) is 0.231. The monoisotopic (exact) mass is 570 g/mol. The van der Waals surface area contributed by atoms with Crippen LogP contribution in [0.2, 0.25) is 0 Å². The highest BCUT2D eigenvalue weighted by molar-refractivity contribution is 9.10. The van der Waals surface area contributed by atoms with Crippen LogP contribution in [0.4, 0.5) is 5.13 Å². The van der Waals surface area contributed by atoms with Gasteiger partial charge in [0.2, 0.25) is 0 Å². The summed E-state index contributed by atoms with van der Waals surface area (Å²) in [5.74, 6) is -1.93. The third-order valence-corrected chi connectivity index (χ3v) is 7.42. The standard InChI is InChI=1S/C26H23BrN2O6S/c1-5-35-25(33)23-14(3)28-26(36-23)29-20(15-6-9-17(27)10-7-15)19(22(31)24(29)32)21(30)16-8-11-18(34-4)13(2)12-16/h6-12,20,30H,5H2,1-4H3/b21-19+. The van der Waals surface area contributed by atoms with Crippen LogP contribution in [0.3, 0.4) is 0 Å². The number of benzene rings is 2. The molecule has 0 radical (unpaired) electrons. The van der Waals surface area contributed by atoms with Crippen molar-refractivity contribution in [3.05, 3.63) is 79.8 Å². The lowest BCUT2D eigenvalue weighted by Gasteiger charge is -2.23. The number of ether oxygens (including phenoxy) is 2. The Bertz CT molecular complexity index is 1400. The Morgan fingerprint density at radius 2 is 1.86 bits per heavy atom. The van der Waals surface area contributed by atoms with E-state index < -0.39 is 23.7 Å². The van der Waals surface area contributed by atoms with Gasteiger partial charge in [-0.05, 0) is 62.2 Å². The number of rotatable bonds is 6. The number of esters is 1. The van der Waals surface area contributed by atoms with Gasteiger partial charge in [0.05, 0.1) is 31.0 Å². The number of amides is 1. The molecule has 1 unspecified atom stereocenters. The van der Waals surface area contributed by atoms with Gasteiger partial charge >= 0.3 is 11.9 Å². The van der Waals surface area contributed by atoms with E-state index in [-0.39, 0.29) is 27.9 Å². The first kappa shape index (κ1) is 25.6. The van der Waals surface area contributed by atoms with E-state index in [0.29, 0.717) is 22.6 Å². The van der Waals surface area contributed by atoms with E-state index in [1.54, 1.807) is 63.4 Å². The van der Waals surface area contributed by atoms with Crippen LogP contribution in [-0.2, 0) is 14.3 Å². The number of anilines is 1. The maximum Gasteiger partial charge on any atom is 0.350 e. The van der Waals surface area contributed by atoms with Crippen molar-refractivity contribution >= 4 is 55.8 Å². The Hall–Kier alpha value is -3.50. The fourth-order valence-corrected chi connectivity index (χ4v) is 5.29. The first-order valence-corrected chi connectivity index (χ1v) is 12.6. The predicted octanol–water partition coefficient (Wildman–Crippen LogP) is 5.33. The number of hydrogen-bond donors (Lipinski definition) is 1. The zero-order valence-corrected chi connectivity index (χ0v) is 22.4. The largest absolute Gasteiger partial charge is 0.507 e. The van der Waals surface area contributed by atoms with Gasteiger partial charge in [-0.3, -0.25) is 14.5 Å². The van der Waals surface area contributed by atoms with Gasteiger partial charge in [-0.2, -0.15) is 0 Å². The van der Waals surface area contributed by atoms with E-state index in [1.807, 2.05) is 6.92 Å². The zero-order valence-electron chi connectivity index (χ0n) is 20.0. The van der Waals surface area contributed by atoms with Crippen LogP contribution >= 0.6 is 27.3 Å². The molecule has 8 nitrogen and oxygen atoms in total. The highest BCUT2D eigenvalue weighted by Crippen LogP contribution is 2.44. The van der Waals surface area contributed by atoms with Crippen molar-refractivity contribution in [2.75, 3.05) is 18.6 Å². The third-order valence-electron chi connectivity index (χ3n) is 5.75. The quantitative estimate of drug-likeness (QED) is 0.184. The van der Waals surface area contributed by atoms with Gasteiger partial charge in [0, 0.05) is 10.0 Å². The number of aromatic nitrogens is 1. The molecule has 1 fully saturated rings. The van der Waals surface area contributed by atoms with Crippen molar-refractivity contribution in [2.24, 2.45) is 0 Å². The van der Waals surface area contributed by atoms with E-state index in [1.165, 1.54) is 4.90 Å². The molecule has 1 N–H and O–H groups in total. The molecule has 3 aromatic rings. The normalized spacial score (nSPS) is 16.9. The molecule has 1 atom stereocenters. The van der Waals surface area contributed by atoms with Gasteiger partial charge in [0.15, 0.2) is 5.13 Å². The Labute approximate surface area is 220 Å². The fourth-order valence-electron chi connectivity index (χ4n) is 4.04. The number of Topliss-reactive ketones (excluding diaryl/α,β-unsaturated/α-hetero) is 1. The van der Waals surface area contributed by atoms with E-state index in [0.717, 1.165) is 21.4 Å². The predicted molar refractivity (Wildman–Crippen MR) is 139 cm³/mol. The second kappa shape index (κ2) is 10.2. The van der Waals surface area contributed by atoms with Crippen LogP contribution in [-0.4, -0.2) is 41.5 Å². The molecule has 0 bridgehead atoms. The lowest BCUT2D eigenvalue weighted by atomic mass is 9.95. The van der Waals surface area contributed by atoms with E-state index in [9.17, 15) is 19.5 Å². The summed E-state index contributed by atoms with van der Waals surface area (Å²) in [6, 6.07) is 11.1. The number of thiazole rings is 1. The first-order valence-electron chi connectivity index (χ1n) is 11.0. The number of carbonyl (C=O) groups excluding carboxylic acids is 3. The lowest BCUT2D eigenvalue weighted by Crippen LogP contribution is -2.29. The summed E-state index contributed by atoms with van der Waals surface area (Å²) in [4.78, 5) is 44.9. The summed E-state index contributed by atoms with van der Waals surface area (Å²) in [5.41, 5.74) is 2.03. The minimum atomic E-state index is -0.957. The molecule has 0 aliphatic carbocycles. The molecule has 2 aromatic carbocycles. The topological polar surface area (TPSA) is 106 Å². The third kappa shape index (κ3) is 4.54. The SMILES string of the molecule is CCOC(=O)c1sc(N2C(=O)C(=O)/C(=C(/O)c3ccc(OC)c(C)c3)C2c2ccc(Br)cc2)nc1C. The summed E-state index contributed by atoms with van der Waals surface area (Å²) in [6.45, 7) is 5.34. The summed E-state index contributed by atoms with van der Waals surface area (Å²) in [5, 5.41) is 11.5. The van der Waals surface area contributed by atoms with Crippen molar-refractivity contribution in [3.63, 3.8) is 0 Å². The van der Waals surface area contributed by atoms with Gasteiger partial charge < -0.3 is 14.6 Å². The molecule has 10 heteroatoms. The van der Waals surface area contributed by atoms with Crippen LogP contribution < -0.4 is 9.64 Å². The van der Waals surface area contributed by atoms with Crippen molar-refractivity contribution in [1.29, 1.82) is 0 Å². The minimum absolute atomic E-state index is 0.0718. The van der Waals surface area contributed by atoms with Crippen molar-refractivity contribution < 1.29 is 29.0 Å². The van der Waals surface area contributed by atoms with Crippen molar-refractivity contribution in [1.82, 2.24) is 4.98 Å². The molecule has 1 aliphatic heterocycles. The average molecular weight is 571 g/mol. The first-order chi connectivity index (χ1) is 17.2. The van der Waals surface area contributed by atoms with Gasteiger partial charge in [0.1, 0.15) is 16.4 Å². The molecule has 1 aliphatic rings. The molecule has 1 saturated heterocycles. The molecule has 0 spiro atoms. The number of ketones is 1. The summed E-state index contributed by atoms with van der Waals surface area (Å²) in [6.07, 6.45) is 0. The molecule has 0 saturated carbocycles. The number of hydrogen-bond acceptors (Lipinski definition) is 8. The second-order valence-electron chi connectivity index (χ2n) is 8.04. The van der Waals surface area contributed by atoms with Gasteiger partial charge in [-0.1, -0.05) is 39.4 Å².